The zero-order valence-electron chi connectivity index (χ0n) is 13.1. The van der Waals surface area contributed by atoms with Gasteiger partial charge in [-0.25, -0.2) is 4.98 Å². The molecule has 1 aromatic carbocycles. The van der Waals surface area contributed by atoms with E-state index in [2.05, 4.69) is 15.6 Å². The number of carbonyl (C=O) groups is 1. The van der Waals surface area contributed by atoms with E-state index in [0.29, 0.717) is 18.1 Å². The molecule has 6 heteroatoms. The van der Waals surface area contributed by atoms with E-state index in [1.807, 2.05) is 50.5 Å². The number of hydrogen-bond donors (Lipinski definition) is 2. The Labute approximate surface area is 134 Å². The van der Waals surface area contributed by atoms with E-state index in [1.165, 1.54) is 11.3 Å². The first-order chi connectivity index (χ1) is 10.6. The molecule has 0 saturated heterocycles. The second-order valence-corrected chi connectivity index (χ2v) is 5.99. The van der Waals surface area contributed by atoms with E-state index in [1.54, 1.807) is 0 Å². The first-order valence-electron chi connectivity index (χ1n) is 7.25. The van der Waals surface area contributed by atoms with Crippen molar-refractivity contribution in [2.45, 2.75) is 26.4 Å². The number of thiazole rings is 1. The Bertz CT molecular complexity index is 608. The van der Waals surface area contributed by atoms with Crippen LogP contribution in [0.15, 0.2) is 29.6 Å². The van der Waals surface area contributed by atoms with Gasteiger partial charge in [0, 0.05) is 23.9 Å². The van der Waals surface area contributed by atoms with Gasteiger partial charge in [0.05, 0.1) is 11.8 Å². The smallest absolute Gasteiger partial charge is 0.227 e. The molecule has 0 fully saturated rings. The van der Waals surface area contributed by atoms with E-state index in [9.17, 15) is 4.79 Å². The minimum Gasteiger partial charge on any atom is -0.491 e. The van der Waals surface area contributed by atoms with Crippen LogP contribution in [0.5, 0.6) is 5.75 Å². The number of hydrogen-bond acceptors (Lipinski definition) is 5. The van der Waals surface area contributed by atoms with Crippen molar-refractivity contribution < 1.29 is 9.53 Å². The fourth-order valence-corrected chi connectivity index (χ4v) is 2.60. The third-order valence-electron chi connectivity index (χ3n) is 2.87. The van der Waals surface area contributed by atoms with Gasteiger partial charge in [-0.15, -0.1) is 11.3 Å². The van der Waals surface area contributed by atoms with Crippen molar-refractivity contribution in [3.63, 3.8) is 0 Å². The minimum atomic E-state index is -0.0315. The fraction of sp³-hybridized carbons (Fsp3) is 0.375. The lowest BCUT2D eigenvalue weighted by Gasteiger charge is -2.09. The molecule has 5 nitrogen and oxygen atoms in total. The topological polar surface area (TPSA) is 63.2 Å². The second-order valence-electron chi connectivity index (χ2n) is 5.13. The molecular formula is C16H21N3O2S. The molecule has 2 rings (SSSR count). The molecular weight excluding hydrogens is 298 g/mol. The number of nitrogens with zero attached hydrogens (tertiary/aromatic N) is 1. The number of benzene rings is 1. The van der Waals surface area contributed by atoms with Crippen LogP contribution < -0.4 is 15.4 Å². The van der Waals surface area contributed by atoms with Crippen LogP contribution in [0.1, 0.15) is 20.3 Å². The number of anilines is 1. The average molecular weight is 319 g/mol. The lowest BCUT2D eigenvalue weighted by atomic mass is 10.2. The fourth-order valence-electron chi connectivity index (χ4n) is 1.86. The highest BCUT2D eigenvalue weighted by molar-refractivity contribution is 7.14. The first-order valence-corrected chi connectivity index (χ1v) is 8.13. The van der Waals surface area contributed by atoms with Gasteiger partial charge in [-0.05, 0) is 45.2 Å². The van der Waals surface area contributed by atoms with Gasteiger partial charge in [-0.3, -0.25) is 4.79 Å². The van der Waals surface area contributed by atoms with Gasteiger partial charge in [0.15, 0.2) is 5.13 Å². The second kappa shape index (κ2) is 7.91. The van der Waals surface area contributed by atoms with Gasteiger partial charge >= 0.3 is 0 Å². The normalized spacial score (nSPS) is 10.7. The maximum Gasteiger partial charge on any atom is 0.227 e. The zero-order chi connectivity index (χ0) is 15.9. The summed E-state index contributed by atoms with van der Waals surface area (Å²) in [4.78, 5) is 16.1. The molecule has 0 unspecified atom stereocenters. The van der Waals surface area contributed by atoms with E-state index in [0.717, 1.165) is 17.0 Å². The lowest BCUT2D eigenvalue weighted by molar-refractivity contribution is -0.116. The minimum absolute atomic E-state index is 0.0315. The molecule has 0 spiro atoms. The number of amides is 1. The van der Waals surface area contributed by atoms with Gasteiger partial charge in [0.1, 0.15) is 5.75 Å². The summed E-state index contributed by atoms with van der Waals surface area (Å²) >= 11 is 1.43. The van der Waals surface area contributed by atoms with Crippen LogP contribution >= 0.6 is 11.3 Å². The number of aromatic nitrogens is 1. The Balaban J connectivity index is 2.00. The Kier molecular flexibility index (Phi) is 5.91. The predicted octanol–water partition coefficient (Wildman–Crippen LogP) is 3.15. The maximum atomic E-state index is 11.7. The molecule has 1 aromatic heterocycles. The molecule has 1 amide bonds. The summed E-state index contributed by atoms with van der Waals surface area (Å²) in [6.45, 7) is 4.65. The Hall–Kier alpha value is -1.92. The predicted molar refractivity (Wildman–Crippen MR) is 90.5 cm³/mol. The van der Waals surface area contributed by atoms with E-state index < -0.39 is 0 Å². The zero-order valence-corrected chi connectivity index (χ0v) is 13.9. The van der Waals surface area contributed by atoms with Crippen molar-refractivity contribution in [3.8, 4) is 17.0 Å². The summed E-state index contributed by atoms with van der Waals surface area (Å²) in [7, 11) is 1.82. The molecule has 2 aromatic rings. The number of nitrogens with one attached hydrogen (secondary N) is 2. The number of carbonyl (C=O) groups excluding carboxylic acids is 1. The third-order valence-corrected chi connectivity index (χ3v) is 3.63. The van der Waals surface area contributed by atoms with Crippen LogP contribution in [0.3, 0.4) is 0 Å². The van der Waals surface area contributed by atoms with Crippen molar-refractivity contribution in [2.75, 3.05) is 18.9 Å². The third kappa shape index (κ3) is 4.82. The Morgan fingerprint density at radius 3 is 2.68 bits per heavy atom. The summed E-state index contributed by atoms with van der Waals surface area (Å²) in [5.74, 6) is 0.811. The van der Waals surface area contributed by atoms with Crippen molar-refractivity contribution in [3.05, 3.63) is 29.6 Å². The molecule has 1 heterocycles. The van der Waals surface area contributed by atoms with Crippen molar-refractivity contribution in [1.29, 1.82) is 0 Å². The largest absolute Gasteiger partial charge is 0.491 e. The van der Waals surface area contributed by atoms with Crippen LogP contribution in [0.25, 0.3) is 11.3 Å². The van der Waals surface area contributed by atoms with Gasteiger partial charge in [0.2, 0.25) is 5.91 Å². The van der Waals surface area contributed by atoms with E-state index in [4.69, 9.17) is 4.74 Å². The summed E-state index contributed by atoms with van der Waals surface area (Å²) in [6.07, 6.45) is 0.594. The summed E-state index contributed by atoms with van der Waals surface area (Å²) in [5.41, 5.74) is 1.85. The van der Waals surface area contributed by atoms with Crippen LogP contribution in [-0.2, 0) is 4.79 Å². The molecule has 0 aliphatic heterocycles. The molecule has 0 bridgehead atoms. The van der Waals surface area contributed by atoms with Crippen LogP contribution in [-0.4, -0.2) is 30.6 Å². The van der Waals surface area contributed by atoms with Crippen molar-refractivity contribution in [1.82, 2.24) is 10.3 Å². The van der Waals surface area contributed by atoms with Crippen LogP contribution in [0, 0.1) is 0 Å². The molecule has 2 N–H and O–H groups in total. The van der Waals surface area contributed by atoms with Gasteiger partial charge in [0.25, 0.3) is 0 Å². The standard InChI is InChI=1S/C16H21N3O2S/c1-11(2)21-13-6-4-12(5-7-13)14-10-22-16(18-14)19-15(20)8-9-17-3/h4-7,10-11,17H,8-9H2,1-3H3,(H,18,19,20). The number of rotatable bonds is 7. The Morgan fingerprint density at radius 1 is 1.32 bits per heavy atom. The SMILES string of the molecule is CNCCC(=O)Nc1nc(-c2ccc(OC(C)C)cc2)cs1. The Morgan fingerprint density at radius 2 is 2.05 bits per heavy atom. The van der Waals surface area contributed by atoms with Crippen molar-refractivity contribution >= 4 is 22.4 Å². The molecule has 0 aliphatic carbocycles. The molecule has 0 saturated carbocycles. The summed E-state index contributed by atoms with van der Waals surface area (Å²) in [5, 5.41) is 8.31. The van der Waals surface area contributed by atoms with E-state index >= 15 is 0 Å². The van der Waals surface area contributed by atoms with Gasteiger partial charge < -0.3 is 15.4 Å². The highest BCUT2D eigenvalue weighted by Gasteiger charge is 2.08. The molecule has 22 heavy (non-hydrogen) atoms. The quantitative estimate of drug-likeness (QED) is 0.823. The van der Waals surface area contributed by atoms with Crippen molar-refractivity contribution in [2.24, 2.45) is 0 Å². The van der Waals surface area contributed by atoms with Crippen LogP contribution in [0.2, 0.25) is 0 Å². The molecule has 0 atom stereocenters. The van der Waals surface area contributed by atoms with Gasteiger partial charge in [-0.1, -0.05) is 0 Å². The lowest BCUT2D eigenvalue weighted by Crippen LogP contribution is -2.18. The van der Waals surface area contributed by atoms with Gasteiger partial charge in [-0.2, -0.15) is 0 Å². The van der Waals surface area contributed by atoms with E-state index in [-0.39, 0.29) is 12.0 Å². The van der Waals surface area contributed by atoms with Crippen LogP contribution in [0.4, 0.5) is 5.13 Å². The number of ether oxygens (including phenoxy) is 1. The first kappa shape index (κ1) is 16.5. The average Bonchev–Trinajstić information content (AvgIpc) is 2.93. The maximum absolute atomic E-state index is 11.7. The highest BCUT2D eigenvalue weighted by atomic mass is 32.1. The monoisotopic (exact) mass is 319 g/mol. The molecule has 118 valence electrons. The summed E-state index contributed by atoms with van der Waals surface area (Å²) in [6, 6.07) is 7.80. The molecule has 0 radical (unpaired) electrons. The molecule has 0 aliphatic rings. The highest BCUT2D eigenvalue weighted by Crippen LogP contribution is 2.26. The summed E-state index contributed by atoms with van der Waals surface area (Å²) < 4.78 is 5.62.